The first kappa shape index (κ1) is 12.9. The van der Waals surface area contributed by atoms with E-state index >= 15 is 0 Å². The highest BCUT2D eigenvalue weighted by Gasteiger charge is 2.31. The van der Waals surface area contributed by atoms with Crippen molar-refractivity contribution in [2.24, 2.45) is 0 Å². The summed E-state index contributed by atoms with van der Waals surface area (Å²) in [6.07, 6.45) is 13.6. The van der Waals surface area contributed by atoms with Gasteiger partial charge in [-0.15, -0.1) is 0 Å². The molecule has 0 aromatic carbocycles. The van der Waals surface area contributed by atoms with Crippen molar-refractivity contribution in [2.75, 3.05) is 0 Å². The van der Waals surface area contributed by atoms with Gasteiger partial charge in [-0.25, -0.2) is 0 Å². The van der Waals surface area contributed by atoms with Gasteiger partial charge < -0.3 is 0 Å². The average molecular weight is 234 g/mol. The second-order valence-electron chi connectivity index (χ2n) is 5.84. The number of rotatable bonds is 3. The topological polar surface area (TPSA) is 27.0 Å². The lowest BCUT2D eigenvalue weighted by atomic mass is 9.87. The van der Waals surface area contributed by atoms with Gasteiger partial charge in [-0.1, -0.05) is 38.5 Å². The molecule has 2 aliphatic carbocycles. The molecule has 17 heavy (non-hydrogen) atoms. The average Bonchev–Trinajstić information content (AvgIpc) is 2.41. The van der Waals surface area contributed by atoms with Crippen molar-refractivity contribution in [3.63, 3.8) is 0 Å². The van der Waals surface area contributed by atoms with Gasteiger partial charge in [0.25, 0.3) is 0 Å². The van der Waals surface area contributed by atoms with Crippen LogP contribution in [0.3, 0.4) is 0 Å². The highest BCUT2D eigenvalue weighted by atomic mass is 15.2. The summed E-state index contributed by atoms with van der Waals surface area (Å²) in [5.41, 5.74) is 0. The Labute approximate surface area is 106 Å². The molecule has 0 aromatic rings. The summed E-state index contributed by atoms with van der Waals surface area (Å²) in [6, 6.07) is 3.99. The van der Waals surface area contributed by atoms with Crippen LogP contribution in [0.1, 0.15) is 71.1 Å². The maximum Gasteiger partial charge on any atom is 0.0954 e. The van der Waals surface area contributed by atoms with E-state index in [-0.39, 0.29) is 6.04 Å². The molecule has 2 fully saturated rings. The van der Waals surface area contributed by atoms with Crippen molar-refractivity contribution in [1.82, 2.24) is 4.90 Å². The van der Waals surface area contributed by atoms with E-state index in [4.69, 9.17) is 0 Å². The van der Waals surface area contributed by atoms with E-state index < -0.39 is 0 Å². The van der Waals surface area contributed by atoms with Gasteiger partial charge in [0.05, 0.1) is 12.1 Å². The van der Waals surface area contributed by atoms with Crippen molar-refractivity contribution in [2.45, 2.75) is 89.3 Å². The predicted octanol–water partition coefficient (Wildman–Crippen LogP) is 3.87. The maximum absolute atomic E-state index is 9.27. The summed E-state index contributed by atoms with van der Waals surface area (Å²) < 4.78 is 0. The van der Waals surface area contributed by atoms with Gasteiger partial charge in [-0.3, -0.25) is 4.90 Å². The largest absolute Gasteiger partial charge is 0.282 e. The van der Waals surface area contributed by atoms with Gasteiger partial charge in [0, 0.05) is 12.1 Å². The van der Waals surface area contributed by atoms with Gasteiger partial charge in [0.15, 0.2) is 0 Å². The minimum atomic E-state index is 0.112. The summed E-state index contributed by atoms with van der Waals surface area (Å²) in [4.78, 5) is 2.58. The summed E-state index contributed by atoms with van der Waals surface area (Å²) in [6.45, 7) is 2.10. The predicted molar refractivity (Wildman–Crippen MR) is 70.7 cm³/mol. The Morgan fingerprint density at radius 3 is 1.65 bits per heavy atom. The molecule has 0 aromatic heterocycles. The zero-order valence-corrected chi connectivity index (χ0v) is 11.2. The van der Waals surface area contributed by atoms with Crippen LogP contribution in [0.25, 0.3) is 0 Å². The van der Waals surface area contributed by atoms with Crippen molar-refractivity contribution >= 4 is 0 Å². The molecule has 1 unspecified atom stereocenters. The number of nitrogens with zero attached hydrogens (tertiary/aromatic N) is 2. The van der Waals surface area contributed by atoms with Crippen LogP contribution in [0, 0.1) is 11.3 Å². The van der Waals surface area contributed by atoms with E-state index in [1.54, 1.807) is 0 Å². The highest BCUT2D eigenvalue weighted by molar-refractivity contribution is 4.95. The Morgan fingerprint density at radius 2 is 1.29 bits per heavy atom. The molecule has 0 bridgehead atoms. The van der Waals surface area contributed by atoms with Crippen molar-refractivity contribution in [3.8, 4) is 6.07 Å². The van der Waals surface area contributed by atoms with E-state index in [1.165, 1.54) is 64.2 Å². The Balaban J connectivity index is 2.03. The molecule has 0 saturated heterocycles. The lowest BCUT2D eigenvalue weighted by Crippen LogP contribution is -2.49. The summed E-state index contributed by atoms with van der Waals surface area (Å²) in [7, 11) is 0. The molecule has 2 rings (SSSR count). The van der Waals surface area contributed by atoms with E-state index in [0.29, 0.717) is 12.1 Å². The van der Waals surface area contributed by atoms with Gasteiger partial charge >= 0.3 is 0 Å². The standard InChI is InChI=1S/C15H26N2/c1-13(12-16)17(14-8-4-2-5-9-14)15-10-6-3-7-11-15/h13-15H,2-11H2,1H3. The molecule has 0 heterocycles. The summed E-state index contributed by atoms with van der Waals surface area (Å²) in [5.74, 6) is 0. The van der Waals surface area contributed by atoms with E-state index in [9.17, 15) is 5.26 Å². The SMILES string of the molecule is CC(C#N)N(C1CCCCC1)C1CCCCC1. The highest BCUT2D eigenvalue weighted by Crippen LogP contribution is 2.31. The molecule has 0 radical (unpaired) electrons. The molecular weight excluding hydrogens is 208 g/mol. The van der Waals surface area contributed by atoms with E-state index in [0.717, 1.165) is 0 Å². The normalized spacial score (nSPS) is 25.7. The third-order valence-electron chi connectivity index (χ3n) is 4.63. The van der Waals surface area contributed by atoms with Gasteiger partial charge in [0.2, 0.25) is 0 Å². The molecule has 2 nitrogen and oxygen atoms in total. The molecule has 0 N–H and O–H groups in total. The summed E-state index contributed by atoms with van der Waals surface area (Å²) >= 11 is 0. The molecule has 0 amide bonds. The zero-order valence-electron chi connectivity index (χ0n) is 11.2. The van der Waals surface area contributed by atoms with Gasteiger partial charge in [-0.05, 0) is 32.6 Å². The monoisotopic (exact) mass is 234 g/mol. The first-order chi connectivity index (χ1) is 8.33. The molecule has 2 heteroatoms. The van der Waals surface area contributed by atoms with E-state index in [2.05, 4.69) is 17.9 Å². The zero-order chi connectivity index (χ0) is 12.1. The second kappa shape index (κ2) is 6.40. The molecule has 96 valence electrons. The lowest BCUT2D eigenvalue weighted by Gasteiger charge is -2.43. The molecule has 2 saturated carbocycles. The van der Waals surface area contributed by atoms with Gasteiger partial charge in [-0.2, -0.15) is 5.26 Å². The summed E-state index contributed by atoms with van der Waals surface area (Å²) in [5, 5.41) is 9.27. The molecule has 1 atom stereocenters. The molecule has 0 aliphatic heterocycles. The van der Waals surface area contributed by atoms with Crippen molar-refractivity contribution in [1.29, 1.82) is 5.26 Å². The lowest BCUT2D eigenvalue weighted by molar-refractivity contribution is 0.0638. The van der Waals surface area contributed by atoms with Gasteiger partial charge in [0.1, 0.15) is 0 Å². The van der Waals surface area contributed by atoms with Crippen LogP contribution in [0.15, 0.2) is 0 Å². The smallest absolute Gasteiger partial charge is 0.0954 e. The number of hydrogen-bond donors (Lipinski definition) is 0. The fourth-order valence-electron chi connectivity index (χ4n) is 3.76. The third-order valence-corrected chi connectivity index (χ3v) is 4.63. The van der Waals surface area contributed by atoms with Crippen LogP contribution in [0.2, 0.25) is 0 Å². The fraction of sp³-hybridized carbons (Fsp3) is 0.933. The maximum atomic E-state index is 9.27. The minimum Gasteiger partial charge on any atom is -0.282 e. The molecule has 2 aliphatic rings. The third kappa shape index (κ3) is 3.22. The first-order valence-electron chi connectivity index (χ1n) is 7.50. The minimum absolute atomic E-state index is 0.112. The quantitative estimate of drug-likeness (QED) is 0.741. The van der Waals surface area contributed by atoms with E-state index in [1.807, 2.05) is 0 Å². The molecule has 0 spiro atoms. The second-order valence-corrected chi connectivity index (χ2v) is 5.84. The fourth-order valence-corrected chi connectivity index (χ4v) is 3.76. The van der Waals surface area contributed by atoms with Crippen LogP contribution >= 0.6 is 0 Å². The Bertz CT molecular complexity index is 239. The van der Waals surface area contributed by atoms with Crippen molar-refractivity contribution < 1.29 is 0 Å². The molecular formula is C15H26N2. The van der Waals surface area contributed by atoms with Crippen molar-refractivity contribution in [3.05, 3.63) is 0 Å². The Hall–Kier alpha value is -0.550. The van der Waals surface area contributed by atoms with Crippen LogP contribution in [0.5, 0.6) is 0 Å². The number of nitriles is 1. The first-order valence-corrected chi connectivity index (χ1v) is 7.50. The van der Waals surface area contributed by atoms with Crippen LogP contribution in [0.4, 0.5) is 0 Å². The van der Waals surface area contributed by atoms with Crippen LogP contribution in [-0.2, 0) is 0 Å². The van der Waals surface area contributed by atoms with Crippen LogP contribution < -0.4 is 0 Å². The Kier molecular flexibility index (Phi) is 4.86. The Morgan fingerprint density at radius 1 is 0.882 bits per heavy atom. The van der Waals surface area contributed by atoms with Crippen LogP contribution in [-0.4, -0.2) is 23.0 Å². The number of hydrogen-bond acceptors (Lipinski definition) is 2.